The lowest BCUT2D eigenvalue weighted by atomic mass is 9.90. The number of hydroxylamine groups is 2. The third-order valence-corrected chi connectivity index (χ3v) is 10.1. The molecular formula is C49H60N4O12. The van der Waals surface area contributed by atoms with Crippen LogP contribution in [0.5, 0.6) is 5.75 Å². The van der Waals surface area contributed by atoms with Crippen molar-refractivity contribution in [1.82, 2.24) is 21.0 Å². The van der Waals surface area contributed by atoms with Crippen LogP contribution in [0.25, 0.3) is 11.3 Å². The van der Waals surface area contributed by atoms with Gasteiger partial charge in [-0.15, -0.1) is 0 Å². The summed E-state index contributed by atoms with van der Waals surface area (Å²) in [6.07, 6.45) is 3.10. The Morgan fingerprint density at radius 3 is 2.05 bits per heavy atom. The van der Waals surface area contributed by atoms with Gasteiger partial charge in [0.15, 0.2) is 5.76 Å². The van der Waals surface area contributed by atoms with Gasteiger partial charge in [-0.1, -0.05) is 99.8 Å². The minimum absolute atomic E-state index is 0.0251. The molecule has 0 spiro atoms. The fraction of sp³-hybridized carbons (Fsp3) is 0.408. The smallest absolute Gasteiger partial charge is 0.337 e. The first-order valence-electron chi connectivity index (χ1n) is 21.8. The van der Waals surface area contributed by atoms with Crippen molar-refractivity contribution in [2.75, 3.05) is 13.3 Å². The standard InChI is InChI=1S/C49H60N4O12/c1-7-10-13-22-36(39(8-2)53(32-54)65-48(60)49(4,5)6)44(56)50-31-51-46(58)41-26-25-40(64-41)35-23-24-37(42(27-35)61-9-3)45(57)52-38(47(59)63-30-34-20-16-12-17-21-34)28-43(55)62-29-33-18-14-11-15-19-33/h11-12,14-21,23-27,32,36,38-39H,7-10,13,22,28-31H2,1-6H3,(H,50,56)(H,51,58)(H,52,57)/t36-,38+,39-/m1/s1. The van der Waals surface area contributed by atoms with E-state index in [4.69, 9.17) is 23.5 Å². The summed E-state index contributed by atoms with van der Waals surface area (Å²) in [6, 6.07) is 23.4. The van der Waals surface area contributed by atoms with Crippen LogP contribution in [0.2, 0.25) is 0 Å². The molecule has 0 saturated heterocycles. The number of esters is 2. The Balaban J connectivity index is 1.43. The second kappa shape index (κ2) is 25.4. The van der Waals surface area contributed by atoms with Gasteiger partial charge in [-0.05, 0) is 75.9 Å². The maximum Gasteiger partial charge on any atom is 0.337 e. The zero-order valence-corrected chi connectivity index (χ0v) is 37.9. The van der Waals surface area contributed by atoms with Crippen molar-refractivity contribution in [3.8, 4) is 17.1 Å². The predicted molar refractivity (Wildman–Crippen MR) is 239 cm³/mol. The zero-order valence-electron chi connectivity index (χ0n) is 37.9. The van der Waals surface area contributed by atoms with Crippen molar-refractivity contribution >= 4 is 42.0 Å². The molecule has 3 aromatic carbocycles. The van der Waals surface area contributed by atoms with Crippen LogP contribution in [-0.4, -0.2) is 72.5 Å². The lowest BCUT2D eigenvalue weighted by Crippen LogP contribution is -2.49. The normalized spacial score (nSPS) is 12.4. The van der Waals surface area contributed by atoms with Crippen LogP contribution in [0, 0.1) is 11.3 Å². The molecule has 16 heteroatoms. The van der Waals surface area contributed by atoms with Gasteiger partial charge in [0.1, 0.15) is 30.8 Å². The second-order valence-corrected chi connectivity index (χ2v) is 16.2. The van der Waals surface area contributed by atoms with E-state index in [1.165, 1.54) is 12.1 Å². The molecule has 0 radical (unpaired) electrons. The van der Waals surface area contributed by atoms with Crippen LogP contribution < -0.4 is 20.7 Å². The first-order valence-corrected chi connectivity index (χ1v) is 21.8. The Morgan fingerprint density at radius 2 is 1.45 bits per heavy atom. The van der Waals surface area contributed by atoms with Gasteiger partial charge in [0, 0.05) is 5.56 Å². The molecular weight excluding hydrogens is 837 g/mol. The van der Waals surface area contributed by atoms with Crippen molar-refractivity contribution in [2.45, 2.75) is 105 Å². The van der Waals surface area contributed by atoms with Gasteiger partial charge in [-0.25, -0.2) is 9.59 Å². The zero-order chi connectivity index (χ0) is 47.4. The van der Waals surface area contributed by atoms with Crippen LogP contribution in [0.4, 0.5) is 0 Å². The Bertz CT molecular complexity index is 2200. The summed E-state index contributed by atoms with van der Waals surface area (Å²) in [5, 5.41) is 8.86. The topological polar surface area (TPSA) is 209 Å². The fourth-order valence-electron chi connectivity index (χ4n) is 6.56. The summed E-state index contributed by atoms with van der Waals surface area (Å²) in [7, 11) is 0. The molecule has 0 fully saturated rings. The number of furan rings is 1. The molecule has 0 saturated carbocycles. The first kappa shape index (κ1) is 50.7. The van der Waals surface area contributed by atoms with Crippen LogP contribution in [-0.2, 0) is 51.5 Å². The van der Waals surface area contributed by atoms with Crippen molar-refractivity contribution in [1.29, 1.82) is 0 Å². The highest BCUT2D eigenvalue weighted by Gasteiger charge is 2.36. The highest BCUT2D eigenvalue weighted by molar-refractivity contribution is 6.00. The van der Waals surface area contributed by atoms with Gasteiger partial charge in [-0.3, -0.25) is 24.0 Å². The molecule has 3 N–H and O–H groups in total. The average molecular weight is 897 g/mol. The number of amides is 4. The molecule has 3 atom stereocenters. The van der Waals surface area contributed by atoms with E-state index in [0.717, 1.165) is 23.5 Å². The van der Waals surface area contributed by atoms with E-state index in [-0.39, 0.29) is 49.3 Å². The molecule has 348 valence electrons. The van der Waals surface area contributed by atoms with Crippen molar-refractivity contribution in [3.05, 3.63) is 113 Å². The molecule has 1 aromatic heterocycles. The number of carbonyl (C=O) groups is 7. The Morgan fingerprint density at radius 1 is 0.785 bits per heavy atom. The van der Waals surface area contributed by atoms with Crippen molar-refractivity contribution in [3.63, 3.8) is 0 Å². The third kappa shape index (κ3) is 15.7. The van der Waals surface area contributed by atoms with Gasteiger partial charge >= 0.3 is 17.9 Å². The molecule has 16 nitrogen and oxygen atoms in total. The van der Waals surface area contributed by atoms with E-state index in [0.29, 0.717) is 36.8 Å². The Labute approximate surface area is 379 Å². The SMILES string of the molecule is CCCCC[C@@H](C(=O)NCNC(=O)c1ccc(-c2ccc(C(=O)N[C@@H](CC(=O)OCc3ccccc3)C(=O)OCc3ccccc3)c(OCC)c2)o1)[C@@H](CC)N(C=O)OC(=O)C(C)(C)C. The van der Waals surface area contributed by atoms with Crippen LogP contribution in [0.15, 0.2) is 95.4 Å². The van der Waals surface area contributed by atoms with Gasteiger partial charge in [0.05, 0.1) is 42.6 Å². The van der Waals surface area contributed by atoms with Gasteiger partial charge in [0.2, 0.25) is 12.3 Å². The van der Waals surface area contributed by atoms with Gasteiger partial charge < -0.3 is 39.4 Å². The molecule has 0 aliphatic heterocycles. The van der Waals surface area contributed by atoms with Crippen LogP contribution in [0.3, 0.4) is 0 Å². The summed E-state index contributed by atoms with van der Waals surface area (Å²) in [5.41, 5.74) is 1.09. The second-order valence-electron chi connectivity index (χ2n) is 16.2. The number of benzene rings is 3. The fourth-order valence-corrected chi connectivity index (χ4v) is 6.56. The predicted octanol–water partition coefficient (Wildman–Crippen LogP) is 7.06. The number of nitrogens with one attached hydrogen (secondary N) is 3. The molecule has 0 aliphatic carbocycles. The highest BCUT2D eigenvalue weighted by atomic mass is 16.7. The first-order chi connectivity index (χ1) is 31.2. The number of hydrogen-bond acceptors (Lipinski definition) is 12. The number of nitrogens with zero attached hydrogens (tertiary/aromatic N) is 1. The molecule has 1 heterocycles. The number of carbonyl (C=O) groups excluding carboxylic acids is 7. The summed E-state index contributed by atoms with van der Waals surface area (Å²) < 4.78 is 22.6. The van der Waals surface area contributed by atoms with Gasteiger partial charge in [-0.2, -0.15) is 5.06 Å². The lowest BCUT2D eigenvalue weighted by molar-refractivity contribution is -0.211. The molecule has 65 heavy (non-hydrogen) atoms. The van der Waals surface area contributed by atoms with E-state index < -0.39 is 65.5 Å². The van der Waals surface area contributed by atoms with E-state index >= 15 is 0 Å². The summed E-state index contributed by atoms with van der Waals surface area (Å²) in [5.74, 6) is -4.38. The minimum atomic E-state index is -1.40. The molecule has 4 amide bonds. The maximum atomic E-state index is 13.8. The largest absolute Gasteiger partial charge is 0.493 e. The van der Waals surface area contributed by atoms with E-state index in [9.17, 15) is 33.6 Å². The Kier molecular flexibility index (Phi) is 19.8. The third-order valence-electron chi connectivity index (χ3n) is 10.1. The number of unbranched alkanes of at least 4 members (excludes halogenated alkanes) is 2. The Hall–Kier alpha value is -6.97. The van der Waals surface area contributed by atoms with Crippen LogP contribution >= 0.6 is 0 Å². The summed E-state index contributed by atoms with van der Waals surface area (Å²) in [6.45, 7) is 10.3. The lowest BCUT2D eigenvalue weighted by Gasteiger charge is -2.33. The minimum Gasteiger partial charge on any atom is -0.493 e. The monoisotopic (exact) mass is 896 g/mol. The van der Waals surface area contributed by atoms with E-state index in [1.807, 2.05) is 19.1 Å². The molecule has 0 aliphatic rings. The molecule has 4 aromatic rings. The molecule has 0 unspecified atom stereocenters. The average Bonchev–Trinajstić information content (AvgIpc) is 3.80. The number of ether oxygens (including phenoxy) is 3. The quantitative estimate of drug-likeness (QED) is 0.0201. The van der Waals surface area contributed by atoms with E-state index in [1.54, 1.807) is 101 Å². The summed E-state index contributed by atoms with van der Waals surface area (Å²) >= 11 is 0. The van der Waals surface area contributed by atoms with Crippen LogP contribution in [0.1, 0.15) is 112 Å². The number of hydrogen-bond donors (Lipinski definition) is 3. The van der Waals surface area contributed by atoms with Crippen molar-refractivity contribution in [2.24, 2.45) is 11.3 Å². The number of rotatable bonds is 25. The summed E-state index contributed by atoms with van der Waals surface area (Å²) in [4.78, 5) is 96.9. The highest BCUT2D eigenvalue weighted by Crippen LogP contribution is 2.30. The van der Waals surface area contributed by atoms with E-state index in [2.05, 4.69) is 16.0 Å². The maximum absolute atomic E-state index is 13.8. The molecule has 0 bridgehead atoms. The molecule has 4 rings (SSSR count). The van der Waals surface area contributed by atoms with Crippen molar-refractivity contribution < 1.29 is 57.0 Å². The van der Waals surface area contributed by atoms with Gasteiger partial charge in [0.25, 0.3) is 11.8 Å².